The normalized spacial score (nSPS) is 11.3. The SMILES string of the molecule is CC(C)CC(=NNC(=O)COc1ccccc1)c1ccccc1. The molecule has 0 aliphatic rings. The van der Waals surface area contributed by atoms with Crippen molar-refractivity contribution in [1.82, 2.24) is 5.43 Å². The summed E-state index contributed by atoms with van der Waals surface area (Å²) in [5.74, 6) is 0.842. The molecule has 2 rings (SSSR count). The molecule has 2 aromatic carbocycles. The van der Waals surface area contributed by atoms with Gasteiger partial charge >= 0.3 is 0 Å². The van der Waals surface area contributed by atoms with Gasteiger partial charge in [0.15, 0.2) is 6.61 Å². The molecule has 0 aromatic heterocycles. The van der Waals surface area contributed by atoms with Crippen LogP contribution in [0.1, 0.15) is 25.8 Å². The highest BCUT2D eigenvalue weighted by Crippen LogP contribution is 2.10. The lowest BCUT2D eigenvalue weighted by Crippen LogP contribution is -2.26. The van der Waals surface area contributed by atoms with Crippen molar-refractivity contribution in [3.05, 3.63) is 66.2 Å². The van der Waals surface area contributed by atoms with E-state index in [4.69, 9.17) is 4.74 Å². The summed E-state index contributed by atoms with van der Waals surface area (Å²) in [7, 11) is 0. The van der Waals surface area contributed by atoms with Gasteiger partial charge in [-0.25, -0.2) is 5.43 Å². The standard InChI is InChI=1S/C19H22N2O2/c1-15(2)13-18(16-9-5-3-6-10-16)20-21-19(22)14-23-17-11-7-4-8-12-17/h3-12,15H,13-14H2,1-2H3,(H,21,22). The topological polar surface area (TPSA) is 50.7 Å². The minimum absolute atomic E-state index is 0.0583. The van der Waals surface area contributed by atoms with E-state index in [9.17, 15) is 4.79 Å². The Morgan fingerprint density at radius 2 is 1.65 bits per heavy atom. The van der Waals surface area contributed by atoms with Crippen LogP contribution in [-0.4, -0.2) is 18.2 Å². The van der Waals surface area contributed by atoms with E-state index in [0.717, 1.165) is 17.7 Å². The van der Waals surface area contributed by atoms with Crippen molar-refractivity contribution in [2.45, 2.75) is 20.3 Å². The molecule has 0 atom stereocenters. The third kappa shape index (κ3) is 5.94. The van der Waals surface area contributed by atoms with Crippen LogP contribution in [0.2, 0.25) is 0 Å². The number of para-hydroxylation sites is 1. The largest absolute Gasteiger partial charge is 0.484 e. The average Bonchev–Trinajstić information content (AvgIpc) is 2.58. The molecule has 120 valence electrons. The Balaban J connectivity index is 1.95. The van der Waals surface area contributed by atoms with Crippen molar-refractivity contribution in [3.63, 3.8) is 0 Å². The lowest BCUT2D eigenvalue weighted by atomic mass is 10.0. The van der Waals surface area contributed by atoms with Gasteiger partial charge in [0.05, 0.1) is 5.71 Å². The summed E-state index contributed by atoms with van der Waals surface area (Å²) >= 11 is 0. The van der Waals surface area contributed by atoms with Crippen molar-refractivity contribution in [2.24, 2.45) is 11.0 Å². The maximum atomic E-state index is 11.9. The van der Waals surface area contributed by atoms with Crippen LogP contribution < -0.4 is 10.2 Å². The molecule has 0 fully saturated rings. The summed E-state index contributed by atoms with van der Waals surface area (Å²) in [6.07, 6.45) is 0.795. The molecule has 0 spiro atoms. The second kappa shape index (κ2) is 8.73. The van der Waals surface area contributed by atoms with Crippen LogP contribution in [0.4, 0.5) is 0 Å². The molecular weight excluding hydrogens is 288 g/mol. The van der Waals surface area contributed by atoms with Crippen LogP contribution in [-0.2, 0) is 4.79 Å². The highest BCUT2D eigenvalue weighted by molar-refractivity contribution is 6.01. The number of hydrogen-bond acceptors (Lipinski definition) is 3. The van der Waals surface area contributed by atoms with Gasteiger partial charge in [0.25, 0.3) is 5.91 Å². The number of nitrogens with zero attached hydrogens (tertiary/aromatic N) is 1. The van der Waals surface area contributed by atoms with E-state index < -0.39 is 0 Å². The Bertz CT molecular complexity index is 637. The number of hydrazone groups is 1. The number of benzene rings is 2. The number of carbonyl (C=O) groups is 1. The fourth-order valence-electron chi connectivity index (χ4n) is 2.07. The Labute approximate surface area is 137 Å². The van der Waals surface area contributed by atoms with E-state index in [1.807, 2.05) is 60.7 Å². The van der Waals surface area contributed by atoms with Crippen LogP contribution >= 0.6 is 0 Å². The first-order valence-electron chi connectivity index (χ1n) is 7.74. The van der Waals surface area contributed by atoms with E-state index in [1.54, 1.807) is 0 Å². The van der Waals surface area contributed by atoms with E-state index >= 15 is 0 Å². The molecule has 0 radical (unpaired) electrons. The third-order valence-corrected chi connectivity index (χ3v) is 3.14. The van der Waals surface area contributed by atoms with Crippen LogP contribution in [0.15, 0.2) is 65.8 Å². The second-order valence-electron chi connectivity index (χ2n) is 5.66. The summed E-state index contributed by atoms with van der Waals surface area (Å²) in [5, 5.41) is 4.28. The molecule has 4 heteroatoms. The molecule has 1 amide bonds. The molecule has 0 saturated carbocycles. The van der Waals surface area contributed by atoms with Gasteiger partial charge < -0.3 is 4.74 Å². The molecule has 0 aliphatic carbocycles. The first-order chi connectivity index (χ1) is 11.1. The summed E-state index contributed by atoms with van der Waals surface area (Å²) < 4.78 is 5.41. The number of ether oxygens (including phenoxy) is 1. The highest BCUT2D eigenvalue weighted by atomic mass is 16.5. The molecule has 4 nitrogen and oxygen atoms in total. The molecule has 0 heterocycles. The van der Waals surface area contributed by atoms with Crippen LogP contribution in [0.25, 0.3) is 0 Å². The summed E-state index contributed by atoms with van der Waals surface area (Å²) in [5.41, 5.74) is 4.47. The summed E-state index contributed by atoms with van der Waals surface area (Å²) in [6.45, 7) is 4.19. The van der Waals surface area contributed by atoms with E-state index in [0.29, 0.717) is 11.7 Å². The monoisotopic (exact) mass is 310 g/mol. The Morgan fingerprint density at radius 3 is 2.26 bits per heavy atom. The van der Waals surface area contributed by atoms with Crippen LogP contribution in [0.3, 0.4) is 0 Å². The van der Waals surface area contributed by atoms with Gasteiger partial charge in [0.1, 0.15) is 5.75 Å². The van der Waals surface area contributed by atoms with Gasteiger partial charge in [0, 0.05) is 0 Å². The fraction of sp³-hybridized carbons (Fsp3) is 0.263. The van der Waals surface area contributed by atoms with E-state index in [2.05, 4.69) is 24.4 Å². The van der Waals surface area contributed by atoms with Gasteiger partial charge in [-0.15, -0.1) is 0 Å². The van der Waals surface area contributed by atoms with Crippen molar-refractivity contribution in [3.8, 4) is 5.75 Å². The minimum Gasteiger partial charge on any atom is -0.484 e. The summed E-state index contributed by atoms with van der Waals surface area (Å²) in [6, 6.07) is 19.1. The zero-order chi connectivity index (χ0) is 16.5. The Morgan fingerprint density at radius 1 is 1.04 bits per heavy atom. The Hall–Kier alpha value is -2.62. The van der Waals surface area contributed by atoms with Gasteiger partial charge in [-0.3, -0.25) is 4.79 Å². The third-order valence-electron chi connectivity index (χ3n) is 3.14. The van der Waals surface area contributed by atoms with E-state index in [-0.39, 0.29) is 12.5 Å². The van der Waals surface area contributed by atoms with Crippen molar-refractivity contribution < 1.29 is 9.53 Å². The molecule has 0 bridgehead atoms. The molecule has 0 unspecified atom stereocenters. The second-order valence-corrected chi connectivity index (χ2v) is 5.66. The lowest BCUT2D eigenvalue weighted by molar-refractivity contribution is -0.123. The number of hydrogen-bond donors (Lipinski definition) is 1. The highest BCUT2D eigenvalue weighted by Gasteiger charge is 2.08. The minimum atomic E-state index is -0.272. The molecular formula is C19H22N2O2. The first kappa shape index (κ1) is 16.7. The van der Waals surface area contributed by atoms with Gasteiger partial charge in [-0.05, 0) is 30.0 Å². The predicted octanol–water partition coefficient (Wildman–Crippen LogP) is 3.63. The fourth-order valence-corrected chi connectivity index (χ4v) is 2.07. The number of amides is 1. The summed E-state index contributed by atoms with van der Waals surface area (Å²) in [4.78, 5) is 11.9. The van der Waals surface area contributed by atoms with Crippen molar-refractivity contribution in [2.75, 3.05) is 6.61 Å². The molecule has 0 aliphatic heterocycles. The van der Waals surface area contributed by atoms with Gasteiger partial charge in [-0.2, -0.15) is 5.10 Å². The molecule has 0 saturated heterocycles. The maximum Gasteiger partial charge on any atom is 0.277 e. The average molecular weight is 310 g/mol. The zero-order valence-electron chi connectivity index (χ0n) is 13.5. The molecule has 2 aromatic rings. The zero-order valence-corrected chi connectivity index (χ0v) is 13.5. The smallest absolute Gasteiger partial charge is 0.277 e. The van der Waals surface area contributed by atoms with Gasteiger partial charge in [0.2, 0.25) is 0 Å². The first-order valence-corrected chi connectivity index (χ1v) is 7.74. The van der Waals surface area contributed by atoms with E-state index in [1.165, 1.54) is 0 Å². The van der Waals surface area contributed by atoms with Crippen molar-refractivity contribution >= 4 is 11.6 Å². The quantitative estimate of drug-likeness (QED) is 0.627. The lowest BCUT2D eigenvalue weighted by Gasteiger charge is -2.10. The molecule has 1 N–H and O–H groups in total. The molecule has 23 heavy (non-hydrogen) atoms. The number of carbonyl (C=O) groups excluding carboxylic acids is 1. The Kier molecular flexibility index (Phi) is 6.36. The number of nitrogens with one attached hydrogen (secondary N) is 1. The van der Waals surface area contributed by atoms with Crippen molar-refractivity contribution in [1.29, 1.82) is 0 Å². The van der Waals surface area contributed by atoms with Crippen LogP contribution in [0, 0.1) is 5.92 Å². The number of rotatable bonds is 7. The van der Waals surface area contributed by atoms with Gasteiger partial charge in [-0.1, -0.05) is 62.4 Å². The maximum absolute atomic E-state index is 11.9. The van der Waals surface area contributed by atoms with Crippen LogP contribution in [0.5, 0.6) is 5.75 Å². The predicted molar refractivity (Wildman–Crippen MR) is 92.5 cm³/mol.